The maximum atomic E-state index is 12.8. The van der Waals surface area contributed by atoms with Gasteiger partial charge in [0.05, 0.1) is 4.90 Å². The molecule has 1 unspecified atom stereocenters. The van der Waals surface area contributed by atoms with Gasteiger partial charge in [-0.25, -0.2) is 22.9 Å². The van der Waals surface area contributed by atoms with Gasteiger partial charge in [-0.15, -0.1) is 0 Å². The van der Waals surface area contributed by atoms with Crippen LogP contribution in [0.1, 0.15) is 33.6 Å². The van der Waals surface area contributed by atoms with E-state index in [1.807, 2.05) is 0 Å². The summed E-state index contributed by atoms with van der Waals surface area (Å²) in [6.45, 7) is 5.62. The zero-order valence-corrected chi connectivity index (χ0v) is 18.4. The number of carbonyl (C=O) groups excluding carboxylic acids is 1. The highest BCUT2D eigenvalue weighted by Gasteiger charge is 2.34. The van der Waals surface area contributed by atoms with Crippen molar-refractivity contribution in [2.45, 2.75) is 50.1 Å². The molecule has 2 aromatic rings. The molecule has 3 rings (SSSR count). The maximum absolute atomic E-state index is 12.8. The summed E-state index contributed by atoms with van der Waals surface area (Å²) in [6.07, 6.45) is 1.44. The number of aromatic nitrogens is 1. The first-order valence-electron chi connectivity index (χ1n) is 9.88. The molecule has 1 aliphatic rings. The van der Waals surface area contributed by atoms with Crippen LogP contribution in [0.15, 0.2) is 47.5 Å². The van der Waals surface area contributed by atoms with Gasteiger partial charge in [0.15, 0.2) is 0 Å². The Labute approximate surface area is 181 Å². The highest BCUT2D eigenvalue weighted by molar-refractivity contribution is 7.89. The number of rotatable bonds is 5. The summed E-state index contributed by atoms with van der Waals surface area (Å²) in [4.78, 5) is 29.2. The van der Waals surface area contributed by atoms with Crippen molar-refractivity contribution in [1.29, 1.82) is 0 Å². The fourth-order valence-electron chi connectivity index (χ4n) is 3.50. The lowest BCUT2D eigenvalue weighted by Crippen LogP contribution is -2.42. The maximum Gasteiger partial charge on any atom is 0.407 e. The third kappa shape index (κ3) is 5.39. The summed E-state index contributed by atoms with van der Waals surface area (Å²) < 4.78 is 28.3. The lowest BCUT2D eigenvalue weighted by molar-refractivity contribution is -0.119. The molecule has 3 N–H and O–H groups in total. The van der Waals surface area contributed by atoms with Gasteiger partial charge in [0.1, 0.15) is 11.9 Å². The predicted octanol–water partition coefficient (Wildman–Crippen LogP) is 2.91. The number of nitrogens with zero attached hydrogens (tertiary/aromatic N) is 2. The van der Waals surface area contributed by atoms with Crippen LogP contribution in [-0.4, -0.2) is 53.5 Å². The van der Waals surface area contributed by atoms with Crippen LogP contribution in [0.3, 0.4) is 0 Å². The normalized spacial score (nSPS) is 16.9. The smallest absolute Gasteiger partial charge is 0.407 e. The van der Waals surface area contributed by atoms with E-state index in [1.54, 1.807) is 51.1 Å². The first-order chi connectivity index (χ1) is 14.5. The van der Waals surface area contributed by atoms with Crippen molar-refractivity contribution in [2.75, 3.05) is 11.9 Å². The molecule has 0 bridgehead atoms. The molecule has 0 saturated carbocycles. The summed E-state index contributed by atoms with van der Waals surface area (Å²) in [6, 6.07) is 9.09. The largest absolute Gasteiger partial charge is 0.465 e. The number of anilines is 1. The molecule has 1 aliphatic heterocycles. The molecule has 0 aliphatic carbocycles. The van der Waals surface area contributed by atoms with Crippen LogP contribution >= 0.6 is 0 Å². The Morgan fingerprint density at radius 3 is 2.48 bits per heavy atom. The lowest BCUT2D eigenvalue weighted by Gasteiger charge is -2.21. The van der Waals surface area contributed by atoms with Crippen molar-refractivity contribution in [1.82, 2.24) is 14.6 Å². The van der Waals surface area contributed by atoms with Crippen LogP contribution in [-0.2, 0) is 14.8 Å². The van der Waals surface area contributed by atoms with E-state index in [0.29, 0.717) is 30.5 Å². The summed E-state index contributed by atoms with van der Waals surface area (Å²) in [5.41, 5.74) is 0.418. The van der Waals surface area contributed by atoms with E-state index in [1.165, 1.54) is 12.3 Å². The number of nitrogens with one attached hydrogen (secondary N) is 2. The van der Waals surface area contributed by atoms with Gasteiger partial charge in [-0.2, -0.15) is 0 Å². The topological polar surface area (TPSA) is 129 Å². The van der Waals surface area contributed by atoms with E-state index in [2.05, 4.69) is 15.0 Å². The summed E-state index contributed by atoms with van der Waals surface area (Å²) in [7, 11) is -3.76. The third-order valence-corrected chi connectivity index (χ3v) is 6.56. The first-order valence-corrected chi connectivity index (χ1v) is 11.4. The molecule has 1 aromatic heterocycles. The highest BCUT2D eigenvalue weighted by Crippen LogP contribution is 2.28. The Morgan fingerprint density at radius 2 is 1.87 bits per heavy atom. The van der Waals surface area contributed by atoms with Gasteiger partial charge >= 0.3 is 6.09 Å². The average Bonchev–Trinajstić information content (AvgIpc) is 3.17. The number of hydrogen-bond acceptors (Lipinski definition) is 5. The van der Waals surface area contributed by atoms with Crippen molar-refractivity contribution in [3.63, 3.8) is 0 Å². The number of carbonyl (C=O) groups is 2. The number of sulfonamides is 1. The van der Waals surface area contributed by atoms with Crippen molar-refractivity contribution in [3.8, 4) is 11.1 Å². The van der Waals surface area contributed by atoms with E-state index in [9.17, 15) is 23.1 Å². The second-order valence-corrected chi connectivity index (χ2v) is 10.1. The summed E-state index contributed by atoms with van der Waals surface area (Å²) >= 11 is 0. The van der Waals surface area contributed by atoms with Gasteiger partial charge in [-0.05, 0) is 51.8 Å². The molecule has 166 valence electrons. The molecule has 9 nitrogen and oxygen atoms in total. The standard InChI is InChI=1S/C21H26N4O5S/c1-21(2,3)24-31(29,30)17-9-5-4-7-15(17)14-10-11-18(22-13-14)23-19(26)16-8-6-12-25(16)20(27)28/h4-5,7,9-11,13,16,24H,6,8,12H2,1-3H3,(H,27,28)(H,22,23,26). The Hall–Kier alpha value is -2.98. The van der Waals surface area contributed by atoms with Crippen molar-refractivity contribution in [2.24, 2.45) is 0 Å². The van der Waals surface area contributed by atoms with E-state index in [0.717, 1.165) is 4.90 Å². The zero-order chi connectivity index (χ0) is 22.8. The van der Waals surface area contributed by atoms with E-state index < -0.39 is 33.6 Å². The summed E-state index contributed by atoms with van der Waals surface area (Å²) in [5, 5.41) is 11.8. The summed E-state index contributed by atoms with van der Waals surface area (Å²) in [5.74, 6) is -0.170. The second-order valence-electron chi connectivity index (χ2n) is 8.41. The second kappa shape index (κ2) is 8.64. The molecule has 1 saturated heterocycles. The fourth-order valence-corrected chi connectivity index (χ4v) is 5.15. The van der Waals surface area contributed by atoms with E-state index in [4.69, 9.17) is 0 Å². The Bertz CT molecular complexity index is 1080. The highest BCUT2D eigenvalue weighted by atomic mass is 32.2. The molecule has 0 radical (unpaired) electrons. The Kier molecular flexibility index (Phi) is 6.33. The number of likely N-dealkylation sites (tertiary alicyclic amines) is 1. The van der Waals surface area contributed by atoms with Gasteiger partial charge < -0.3 is 10.4 Å². The molecule has 1 atom stereocenters. The number of benzene rings is 1. The molecule has 1 fully saturated rings. The van der Waals surface area contributed by atoms with Crippen LogP contribution in [0.5, 0.6) is 0 Å². The van der Waals surface area contributed by atoms with Crippen molar-refractivity contribution < 1.29 is 23.1 Å². The predicted molar refractivity (Wildman–Crippen MR) is 116 cm³/mol. The number of carboxylic acid groups (broad SMARTS) is 1. The Balaban J connectivity index is 1.81. The van der Waals surface area contributed by atoms with Crippen molar-refractivity contribution in [3.05, 3.63) is 42.6 Å². The minimum absolute atomic E-state index is 0.131. The van der Waals surface area contributed by atoms with E-state index >= 15 is 0 Å². The van der Waals surface area contributed by atoms with Crippen molar-refractivity contribution >= 4 is 27.8 Å². The van der Waals surface area contributed by atoms with Crippen LogP contribution < -0.4 is 10.0 Å². The molecular formula is C21H26N4O5S. The van der Waals surface area contributed by atoms with Crippen LogP contribution in [0.25, 0.3) is 11.1 Å². The van der Waals surface area contributed by atoms with Gasteiger partial charge in [0, 0.05) is 29.4 Å². The first kappa shape index (κ1) is 22.7. The minimum Gasteiger partial charge on any atom is -0.465 e. The van der Waals surface area contributed by atoms with Crippen LogP contribution in [0, 0.1) is 0 Å². The quantitative estimate of drug-likeness (QED) is 0.648. The SMILES string of the molecule is CC(C)(C)NS(=O)(=O)c1ccccc1-c1ccc(NC(=O)C2CCCN2C(=O)O)nc1. The zero-order valence-electron chi connectivity index (χ0n) is 17.6. The number of amides is 2. The van der Waals surface area contributed by atoms with Crippen LogP contribution in [0.2, 0.25) is 0 Å². The molecular weight excluding hydrogens is 420 g/mol. The minimum atomic E-state index is -3.76. The number of pyridine rings is 1. The molecule has 2 heterocycles. The average molecular weight is 447 g/mol. The van der Waals surface area contributed by atoms with Gasteiger partial charge in [0.25, 0.3) is 0 Å². The van der Waals surface area contributed by atoms with Gasteiger partial charge in [-0.1, -0.05) is 18.2 Å². The lowest BCUT2D eigenvalue weighted by atomic mass is 10.1. The Morgan fingerprint density at radius 1 is 1.16 bits per heavy atom. The van der Waals surface area contributed by atoms with Gasteiger partial charge in [-0.3, -0.25) is 9.69 Å². The van der Waals surface area contributed by atoms with Gasteiger partial charge in [0.2, 0.25) is 15.9 Å². The fraction of sp³-hybridized carbons (Fsp3) is 0.381. The molecule has 10 heteroatoms. The molecule has 31 heavy (non-hydrogen) atoms. The number of hydrogen-bond donors (Lipinski definition) is 3. The molecule has 1 aromatic carbocycles. The molecule has 2 amide bonds. The monoisotopic (exact) mass is 446 g/mol. The molecule has 0 spiro atoms. The van der Waals surface area contributed by atoms with E-state index in [-0.39, 0.29) is 10.7 Å². The van der Waals surface area contributed by atoms with Crippen LogP contribution in [0.4, 0.5) is 10.6 Å². The third-order valence-electron chi connectivity index (χ3n) is 4.74.